The number of benzene rings is 1. The fourth-order valence-corrected chi connectivity index (χ4v) is 4.02. The van der Waals surface area contributed by atoms with Gasteiger partial charge >= 0.3 is 10.0 Å². The minimum atomic E-state index is -3.88. The zero-order valence-electron chi connectivity index (χ0n) is 12.2. The first-order valence-electron chi connectivity index (χ1n) is 6.53. The van der Waals surface area contributed by atoms with Gasteiger partial charge in [-0.15, -0.1) is 16.5 Å². The van der Waals surface area contributed by atoms with E-state index in [0.29, 0.717) is 21.8 Å². The van der Waals surface area contributed by atoms with E-state index >= 15 is 0 Å². The van der Waals surface area contributed by atoms with E-state index < -0.39 is 10.0 Å². The fraction of sp³-hybridized carbons (Fsp3) is 0.143. The molecule has 0 saturated carbocycles. The van der Waals surface area contributed by atoms with Crippen molar-refractivity contribution in [3.63, 3.8) is 0 Å². The number of aryl methyl sites for hydroxylation is 2. The second-order valence-electron chi connectivity index (χ2n) is 4.82. The maximum atomic E-state index is 12.1. The number of sulfonamides is 1. The Morgan fingerprint density at radius 3 is 2.78 bits per heavy atom. The number of thiazole rings is 1. The molecule has 0 radical (unpaired) electrons. The summed E-state index contributed by atoms with van der Waals surface area (Å²) >= 11 is 1.04. The van der Waals surface area contributed by atoms with Gasteiger partial charge in [0.15, 0.2) is 4.21 Å². The number of hydrogen-bond acceptors (Lipinski definition) is 6. The lowest BCUT2D eigenvalue weighted by Gasteiger charge is -2.00. The molecule has 0 fully saturated rings. The minimum absolute atomic E-state index is 0.0475. The smallest absolute Gasteiger partial charge is 0.310 e. The maximum Gasteiger partial charge on any atom is 0.310 e. The Hall–Kier alpha value is -2.57. The van der Waals surface area contributed by atoms with E-state index in [1.54, 1.807) is 25.3 Å². The first-order valence-corrected chi connectivity index (χ1v) is 8.79. The number of hydrogen-bond donors (Lipinski definition) is 1. The van der Waals surface area contributed by atoms with Crippen molar-refractivity contribution in [3.05, 3.63) is 40.7 Å². The number of aromatic nitrogens is 2. The van der Waals surface area contributed by atoms with Crippen molar-refractivity contribution in [2.24, 2.45) is 9.63 Å². The van der Waals surface area contributed by atoms with E-state index in [1.807, 2.05) is 6.92 Å². The molecule has 0 unspecified atom stereocenters. The van der Waals surface area contributed by atoms with Crippen LogP contribution in [0.2, 0.25) is 0 Å². The average molecular weight is 345 g/mol. The van der Waals surface area contributed by atoms with Gasteiger partial charge in [0, 0.05) is 11.6 Å². The van der Waals surface area contributed by atoms with Crippen molar-refractivity contribution < 1.29 is 8.42 Å². The Labute approximate surface area is 136 Å². The third kappa shape index (κ3) is 2.74. The highest BCUT2D eigenvalue weighted by Gasteiger charge is 2.17. The number of nitrogens with one attached hydrogen (secondary N) is 1. The molecule has 1 aromatic carbocycles. The van der Waals surface area contributed by atoms with Gasteiger partial charge in [0.05, 0.1) is 22.3 Å². The third-order valence-corrected chi connectivity index (χ3v) is 5.75. The van der Waals surface area contributed by atoms with Gasteiger partial charge in [-0.1, -0.05) is 10.6 Å². The fourth-order valence-electron chi connectivity index (χ4n) is 2.18. The predicted molar refractivity (Wildman–Crippen MR) is 86.3 cm³/mol. The van der Waals surface area contributed by atoms with E-state index in [2.05, 4.69) is 25.7 Å². The topological polar surface area (TPSA) is 111 Å². The molecule has 2 aromatic heterocycles. The van der Waals surface area contributed by atoms with Gasteiger partial charge in [-0.05, 0) is 25.5 Å². The van der Waals surface area contributed by atoms with Crippen molar-refractivity contribution in [1.82, 2.24) is 9.97 Å². The monoisotopic (exact) mass is 345 g/mol. The molecule has 1 N–H and O–H groups in total. The number of nitrogens with zero attached hydrogens (tertiary/aromatic N) is 4. The third-order valence-electron chi connectivity index (χ3n) is 3.25. The van der Waals surface area contributed by atoms with Crippen molar-refractivity contribution in [3.8, 4) is 6.07 Å². The van der Waals surface area contributed by atoms with Crippen LogP contribution in [-0.4, -0.2) is 18.4 Å². The summed E-state index contributed by atoms with van der Waals surface area (Å²) in [5.41, 5.74) is 2.33. The molecule has 7 nitrogen and oxygen atoms in total. The number of aromatic amines is 1. The highest BCUT2D eigenvalue weighted by atomic mass is 32.2. The Kier molecular flexibility index (Phi) is 3.71. The highest BCUT2D eigenvalue weighted by Crippen LogP contribution is 2.31. The van der Waals surface area contributed by atoms with Crippen molar-refractivity contribution in [1.29, 1.82) is 5.26 Å². The van der Waals surface area contributed by atoms with Gasteiger partial charge in [-0.25, -0.2) is 4.98 Å². The predicted octanol–water partition coefficient (Wildman–Crippen LogP) is 3.59. The average Bonchev–Trinajstić information content (AvgIpc) is 3.13. The van der Waals surface area contributed by atoms with Gasteiger partial charge < -0.3 is 4.98 Å². The number of nitriles is 1. The molecule has 23 heavy (non-hydrogen) atoms. The maximum absolute atomic E-state index is 12.1. The van der Waals surface area contributed by atoms with Crippen LogP contribution in [0.15, 0.2) is 38.4 Å². The number of fused-ring (bicyclic) bond motifs is 1. The standard InChI is InChI=1S/C14H11N5O2S2/c1-8-3-4-11(14-13(8)10(5-15)6-17-14)18-19-23(20,21)12-7-16-9(2)22-12/h3-4,6-7,17H,1-2H3. The Bertz CT molecular complexity index is 1070. The summed E-state index contributed by atoms with van der Waals surface area (Å²) in [6.45, 7) is 3.58. The molecule has 3 aromatic rings. The molecule has 2 heterocycles. The van der Waals surface area contributed by atoms with E-state index in [0.717, 1.165) is 22.3 Å². The van der Waals surface area contributed by atoms with Gasteiger partial charge in [-0.3, -0.25) is 0 Å². The summed E-state index contributed by atoms with van der Waals surface area (Å²) < 4.78 is 27.8. The summed E-state index contributed by atoms with van der Waals surface area (Å²) in [6.07, 6.45) is 2.83. The summed E-state index contributed by atoms with van der Waals surface area (Å²) in [4.78, 5) is 6.86. The molecule has 0 saturated heterocycles. The zero-order valence-corrected chi connectivity index (χ0v) is 13.9. The highest BCUT2D eigenvalue weighted by molar-refractivity contribution is 7.92. The van der Waals surface area contributed by atoms with Gasteiger partial charge in [0.25, 0.3) is 0 Å². The molecule has 0 aliphatic carbocycles. The second-order valence-corrected chi connectivity index (χ2v) is 7.87. The Morgan fingerprint density at radius 1 is 1.35 bits per heavy atom. The molecule has 0 atom stereocenters. The van der Waals surface area contributed by atoms with Crippen LogP contribution in [0.25, 0.3) is 10.9 Å². The molecular formula is C14H11N5O2S2. The van der Waals surface area contributed by atoms with E-state index in [9.17, 15) is 8.42 Å². The van der Waals surface area contributed by atoms with Crippen LogP contribution in [0, 0.1) is 25.2 Å². The number of H-pyrrole nitrogens is 1. The molecule has 0 spiro atoms. The van der Waals surface area contributed by atoms with Crippen LogP contribution >= 0.6 is 11.3 Å². The van der Waals surface area contributed by atoms with Crippen molar-refractivity contribution >= 4 is 38.0 Å². The van der Waals surface area contributed by atoms with Crippen molar-refractivity contribution in [2.45, 2.75) is 18.1 Å². The van der Waals surface area contributed by atoms with E-state index in [-0.39, 0.29) is 4.21 Å². The lowest BCUT2D eigenvalue weighted by molar-refractivity contribution is 0.597. The molecule has 0 aliphatic rings. The van der Waals surface area contributed by atoms with Gasteiger partial charge in [-0.2, -0.15) is 13.7 Å². The number of rotatable bonds is 3. The van der Waals surface area contributed by atoms with Crippen LogP contribution in [-0.2, 0) is 10.0 Å². The SMILES string of the molecule is Cc1ncc(S(=O)(=O)N=Nc2ccc(C)c3c(C#N)c[nH]c23)s1. The summed E-state index contributed by atoms with van der Waals surface area (Å²) in [6, 6.07) is 5.52. The summed E-state index contributed by atoms with van der Waals surface area (Å²) in [5, 5.41) is 14.3. The van der Waals surface area contributed by atoms with Crippen LogP contribution in [0.4, 0.5) is 5.69 Å². The van der Waals surface area contributed by atoms with E-state index in [4.69, 9.17) is 5.26 Å². The lowest BCUT2D eigenvalue weighted by atomic mass is 10.1. The molecule has 9 heteroatoms. The van der Waals surface area contributed by atoms with Gasteiger partial charge in [0.2, 0.25) is 0 Å². The zero-order chi connectivity index (χ0) is 16.6. The molecule has 0 amide bonds. The molecular weight excluding hydrogens is 334 g/mol. The van der Waals surface area contributed by atoms with Crippen LogP contribution in [0.1, 0.15) is 16.1 Å². The van der Waals surface area contributed by atoms with Crippen LogP contribution < -0.4 is 0 Å². The quantitative estimate of drug-likeness (QED) is 0.731. The normalized spacial score (nSPS) is 12.0. The minimum Gasteiger partial charge on any atom is -0.358 e. The van der Waals surface area contributed by atoms with Gasteiger partial charge in [0.1, 0.15) is 11.8 Å². The van der Waals surface area contributed by atoms with Crippen LogP contribution in [0.5, 0.6) is 0 Å². The Morgan fingerprint density at radius 2 is 2.13 bits per heavy atom. The Balaban J connectivity index is 2.07. The largest absolute Gasteiger partial charge is 0.358 e. The molecule has 0 aliphatic heterocycles. The molecule has 3 rings (SSSR count). The summed E-state index contributed by atoms with van der Waals surface area (Å²) in [7, 11) is -3.88. The lowest BCUT2D eigenvalue weighted by Crippen LogP contribution is -1.91. The molecule has 0 bridgehead atoms. The molecule has 116 valence electrons. The van der Waals surface area contributed by atoms with Crippen LogP contribution in [0.3, 0.4) is 0 Å². The van der Waals surface area contributed by atoms with Crippen molar-refractivity contribution in [2.75, 3.05) is 0 Å². The first kappa shape index (κ1) is 15.3. The summed E-state index contributed by atoms with van der Waals surface area (Å²) in [5.74, 6) is 0. The first-order chi connectivity index (χ1) is 10.9. The second kappa shape index (κ2) is 5.57. The van der Waals surface area contributed by atoms with E-state index in [1.165, 1.54) is 6.20 Å².